The number of aryl methyl sites for hydroxylation is 1. The summed E-state index contributed by atoms with van der Waals surface area (Å²) in [6.07, 6.45) is 0. The van der Waals surface area contributed by atoms with E-state index in [0.717, 1.165) is 0 Å². The molecule has 0 nitrogen and oxygen atoms in total. The van der Waals surface area contributed by atoms with Crippen molar-refractivity contribution in [2.45, 2.75) is 6.92 Å². The molecule has 0 unspecified atom stereocenters. The van der Waals surface area contributed by atoms with Crippen LogP contribution in [0.1, 0.15) is 11.3 Å². The molecule has 1 aromatic rings. The standard InChI is InChI=1S/C7H8.4Na.4H/c1-7-5-3-2-4-6-7;;;;;;;;/h2-6H,1H3;;;;;;;;/q;4*+1;4*-1. The fraction of sp³-hybridized carbons (Fsp3) is 0.143. The van der Waals surface area contributed by atoms with Crippen LogP contribution >= 0.6 is 0 Å². The summed E-state index contributed by atoms with van der Waals surface area (Å²) < 4.78 is 0. The molecule has 0 bridgehead atoms. The summed E-state index contributed by atoms with van der Waals surface area (Å²) in [5, 5.41) is 0. The minimum atomic E-state index is 0. The molecule has 0 aromatic heterocycles. The van der Waals surface area contributed by atoms with E-state index in [2.05, 4.69) is 19.1 Å². The van der Waals surface area contributed by atoms with E-state index in [1.54, 1.807) is 0 Å². The summed E-state index contributed by atoms with van der Waals surface area (Å²) in [6, 6.07) is 10.3. The van der Waals surface area contributed by atoms with Gasteiger partial charge < -0.3 is 5.71 Å². The molecule has 0 amide bonds. The van der Waals surface area contributed by atoms with E-state index in [0.29, 0.717) is 0 Å². The summed E-state index contributed by atoms with van der Waals surface area (Å²) in [5.41, 5.74) is 1.32. The van der Waals surface area contributed by atoms with Crippen LogP contribution in [0.2, 0.25) is 0 Å². The Morgan fingerprint density at radius 2 is 1.18 bits per heavy atom. The number of rotatable bonds is 0. The van der Waals surface area contributed by atoms with Crippen LogP contribution in [0.3, 0.4) is 0 Å². The minimum Gasteiger partial charge on any atom is -1.00 e. The summed E-state index contributed by atoms with van der Waals surface area (Å²) in [4.78, 5) is 0. The van der Waals surface area contributed by atoms with Gasteiger partial charge >= 0.3 is 118 Å². The number of hydrogen-bond donors (Lipinski definition) is 0. The van der Waals surface area contributed by atoms with Gasteiger partial charge in [0, 0.05) is 0 Å². The monoisotopic (exact) mass is 188 g/mol. The topological polar surface area (TPSA) is 0 Å². The van der Waals surface area contributed by atoms with E-state index in [-0.39, 0.29) is 124 Å². The smallest absolute Gasteiger partial charge is 1.00 e. The van der Waals surface area contributed by atoms with Crippen molar-refractivity contribution in [3.8, 4) is 0 Å². The third kappa shape index (κ3) is 13.2. The first-order valence-corrected chi connectivity index (χ1v) is 2.41. The average Bonchev–Trinajstić information content (AvgIpc) is 1.69. The Kier molecular flexibility index (Phi) is 33.9. The molecule has 0 fully saturated rings. The molecule has 11 heavy (non-hydrogen) atoms. The van der Waals surface area contributed by atoms with Crippen LogP contribution in [0, 0.1) is 6.92 Å². The van der Waals surface area contributed by atoms with Crippen LogP contribution in [0.25, 0.3) is 0 Å². The van der Waals surface area contributed by atoms with E-state index >= 15 is 0 Å². The van der Waals surface area contributed by atoms with Crippen molar-refractivity contribution in [3.63, 3.8) is 0 Å². The van der Waals surface area contributed by atoms with Crippen LogP contribution < -0.4 is 118 Å². The maximum absolute atomic E-state index is 2.08. The molecule has 0 N–H and O–H groups in total. The van der Waals surface area contributed by atoms with Crippen LogP contribution in [-0.4, -0.2) is 0 Å². The number of benzene rings is 1. The SMILES string of the molecule is Cc1ccccc1.[H-].[H-].[H-].[H-].[Na+].[Na+].[Na+].[Na+]. The van der Waals surface area contributed by atoms with Gasteiger partial charge in [-0.1, -0.05) is 35.9 Å². The summed E-state index contributed by atoms with van der Waals surface area (Å²) in [5.74, 6) is 0. The van der Waals surface area contributed by atoms with Gasteiger partial charge in [0.2, 0.25) is 0 Å². The Morgan fingerprint density at radius 1 is 0.818 bits per heavy atom. The normalized spacial score (nSPS) is 5.55. The number of hydrogen-bond acceptors (Lipinski definition) is 0. The minimum absolute atomic E-state index is 0. The van der Waals surface area contributed by atoms with Crippen molar-refractivity contribution in [1.82, 2.24) is 0 Å². The molecule has 0 aliphatic heterocycles. The second-order valence-corrected chi connectivity index (χ2v) is 1.65. The molecule has 0 heterocycles. The summed E-state index contributed by atoms with van der Waals surface area (Å²) >= 11 is 0. The van der Waals surface area contributed by atoms with E-state index in [4.69, 9.17) is 0 Å². The van der Waals surface area contributed by atoms with Gasteiger partial charge in [0.1, 0.15) is 0 Å². The van der Waals surface area contributed by atoms with Crippen LogP contribution in [0.15, 0.2) is 30.3 Å². The largest absolute Gasteiger partial charge is 1.00 e. The fourth-order valence-corrected chi connectivity index (χ4v) is 0.534. The molecule has 0 spiro atoms. The van der Waals surface area contributed by atoms with Crippen LogP contribution in [0.4, 0.5) is 0 Å². The van der Waals surface area contributed by atoms with Crippen molar-refractivity contribution < 1.29 is 124 Å². The second-order valence-electron chi connectivity index (χ2n) is 1.65. The van der Waals surface area contributed by atoms with E-state index < -0.39 is 0 Å². The maximum Gasteiger partial charge on any atom is 1.00 e. The first kappa shape index (κ1) is 23.8. The quantitative estimate of drug-likeness (QED) is 0.355. The van der Waals surface area contributed by atoms with Gasteiger partial charge in [0.05, 0.1) is 0 Å². The molecule has 44 valence electrons. The Hall–Kier alpha value is 3.22. The zero-order chi connectivity index (χ0) is 5.11. The molecule has 0 aliphatic carbocycles. The van der Waals surface area contributed by atoms with Crippen LogP contribution in [-0.2, 0) is 0 Å². The molecular weight excluding hydrogens is 176 g/mol. The van der Waals surface area contributed by atoms with Crippen molar-refractivity contribution in [3.05, 3.63) is 35.9 Å². The Bertz CT molecular complexity index is 153. The van der Waals surface area contributed by atoms with Gasteiger partial charge in [-0.2, -0.15) is 0 Å². The Labute approximate surface area is 163 Å². The van der Waals surface area contributed by atoms with Gasteiger partial charge in [-0.25, -0.2) is 0 Å². The van der Waals surface area contributed by atoms with Gasteiger partial charge in [-0.15, -0.1) is 0 Å². The molecule has 1 aromatic carbocycles. The predicted molar refractivity (Wildman–Crippen MR) is 35.6 cm³/mol. The first-order chi connectivity index (χ1) is 3.39. The Balaban J connectivity index is -0.0000000102. The van der Waals surface area contributed by atoms with Crippen molar-refractivity contribution in [2.75, 3.05) is 0 Å². The molecule has 0 radical (unpaired) electrons. The fourth-order valence-electron chi connectivity index (χ4n) is 0.534. The van der Waals surface area contributed by atoms with Gasteiger partial charge in [0.25, 0.3) is 0 Å². The third-order valence-corrected chi connectivity index (χ3v) is 0.940. The van der Waals surface area contributed by atoms with Gasteiger partial charge in [-0.05, 0) is 6.92 Å². The van der Waals surface area contributed by atoms with Crippen molar-refractivity contribution >= 4 is 0 Å². The molecule has 0 aliphatic rings. The molecule has 0 saturated heterocycles. The molecule has 1 rings (SSSR count). The second kappa shape index (κ2) is 15.7. The van der Waals surface area contributed by atoms with E-state index in [1.807, 2.05) is 18.2 Å². The third-order valence-electron chi connectivity index (χ3n) is 0.940. The molecule has 0 atom stereocenters. The Morgan fingerprint density at radius 3 is 1.36 bits per heavy atom. The first-order valence-electron chi connectivity index (χ1n) is 2.41. The van der Waals surface area contributed by atoms with Crippen molar-refractivity contribution in [2.24, 2.45) is 0 Å². The average molecular weight is 188 g/mol. The van der Waals surface area contributed by atoms with E-state index in [1.165, 1.54) is 5.56 Å². The summed E-state index contributed by atoms with van der Waals surface area (Å²) in [7, 11) is 0. The molecular formula is C7H12Na4. The molecule has 0 saturated carbocycles. The van der Waals surface area contributed by atoms with Crippen molar-refractivity contribution in [1.29, 1.82) is 0 Å². The van der Waals surface area contributed by atoms with Gasteiger partial charge in [-0.3, -0.25) is 0 Å². The predicted octanol–water partition coefficient (Wildman–Crippen LogP) is -9.54. The van der Waals surface area contributed by atoms with E-state index in [9.17, 15) is 0 Å². The maximum atomic E-state index is 2.08. The summed E-state index contributed by atoms with van der Waals surface area (Å²) in [6.45, 7) is 2.08. The molecule has 4 heteroatoms. The zero-order valence-electron chi connectivity index (χ0n) is 12.4. The zero-order valence-corrected chi connectivity index (χ0v) is 16.4. The van der Waals surface area contributed by atoms with Crippen LogP contribution in [0.5, 0.6) is 0 Å². The van der Waals surface area contributed by atoms with Gasteiger partial charge in [0.15, 0.2) is 0 Å².